The van der Waals surface area contributed by atoms with Crippen LogP contribution in [0.3, 0.4) is 0 Å². The third kappa shape index (κ3) is 3.76. The fourth-order valence-electron chi connectivity index (χ4n) is 1.86. The van der Waals surface area contributed by atoms with Crippen molar-refractivity contribution in [3.05, 3.63) is 53.3 Å². The number of aliphatic hydroxyl groups is 1. The van der Waals surface area contributed by atoms with Crippen LogP contribution in [0.1, 0.15) is 11.8 Å². The Hall–Kier alpha value is -1.98. The molecule has 0 saturated heterocycles. The van der Waals surface area contributed by atoms with Gasteiger partial charge in [0.05, 0.1) is 6.54 Å². The average Bonchev–Trinajstić information content (AvgIpc) is 2.82. The first-order chi connectivity index (χ1) is 9.56. The molecule has 106 valence electrons. The Balaban J connectivity index is 1.85. The van der Waals surface area contributed by atoms with Crippen LogP contribution >= 0.6 is 11.6 Å². The lowest BCUT2D eigenvalue weighted by Gasteiger charge is -2.13. The Bertz CT molecular complexity index is 598. The Morgan fingerprint density at radius 3 is 2.85 bits per heavy atom. The normalized spacial score (nSPS) is 11.9. The zero-order chi connectivity index (χ0) is 14.5. The summed E-state index contributed by atoms with van der Waals surface area (Å²) >= 11 is 5.83. The molecule has 0 fully saturated rings. The van der Waals surface area contributed by atoms with Gasteiger partial charge in [-0.2, -0.15) is 0 Å². The van der Waals surface area contributed by atoms with Crippen molar-refractivity contribution in [2.24, 2.45) is 7.05 Å². The molecule has 1 aromatic heterocycles. The van der Waals surface area contributed by atoms with Crippen molar-refractivity contribution in [2.45, 2.75) is 6.10 Å². The fraction of sp³-hybridized carbons (Fsp3) is 0.214. The lowest BCUT2D eigenvalue weighted by Crippen LogP contribution is -2.32. The zero-order valence-corrected chi connectivity index (χ0v) is 11.8. The highest BCUT2D eigenvalue weighted by atomic mass is 35.5. The molecule has 20 heavy (non-hydrogen) atoms. The molecule has 0 aliphatic rings. The van der Waals surface area contributed by atoms with Crippen LogP contribution in [0.5, 0.6) is 0 Å². The van der Waals surface area contributed by atoms with Crippen molar-refractivity contribution in [3.63, 3.8) is 0 Å². The van der Waals surface area contributed by atoms with Crippen LogP contribution < -0.4 is 10.6 Å². The van der Waals surface area contributed by atoms with Crippen LogP contribution in [-0.4, -0.2) is 22.2 Å². The lowest BCUT2D eigenvalue weighted by atomic mass is 10.2. The van der Waals surface area contributed by atoms with Gasteiger partial charge in [0.25, 0.3) is 0 Å². The van der Waals surface area contributed by atoms with Crippen molar-refractivity contribution < 1.29 is 9.90 Å². The van der Waals surface area contributed by atoms with E-state index in [1.54, 1.807) is 34.9 Å². The van der Waals surface area contributed by atoms with Crippen LogP contribution in [0.4, 0.5) is 10.5 Å². The van der Waals surface area contributed by atoms with E-state index in [1.807, 2.05) is 19.3 Å². The molecule has 2 aromatic rings. The maximum absolute atomic E-state index is 11.7. The number of aryl methyl sites for hydroxylation is 1. The minimum Gasteiger partial charge on any atom is -0.385 e. The van der Waals surface area contributed by atoms with Gasteiger partial charge in [-0.1, -0.05) is 17.7 Å². The Labute approximate surface area is 122 Å². The minimum atomic E-state index is -0.750. The molecule has 0 bridgehead atoms. The summed E-state index contributed by atoms with van der Waals surface area (Å²) < 4.78 is 1.81. The number of hydrogen-bond donors (Lipinski definition) is 3. The molecule has 0 aliphatic heterocycles. The van der Waals surface area contributed by atoms with Gasteiger partial charge >= 0.3 is 6.03 Å². The number of rotatable bonds is 4. The maximum atomic E-state index is 11.7. The van der Waals surface area contributed by atoms with Gasteiger partial charge in [0, 0.05) is 29.6 Å². The molecule has 2 amide bonds. The van der Waals surface area contributed by atoms with E-state index in [1.165, 1.54) is 0 Å². The highest BCUT2D eigenvalue weighted by Gasteiger charge is 2.11. The van der Waals surface area contributed by atoms with Crippen molar-refractivity contribution in [2.75, 3.05) is 11.9 Å². The largest absolute Gasteiger partial charge is 0.385 e. The molecule has 5 nitrogen and oxygen atoms in total. The Kier molecular flexibility index (Phi) is 4.65. The van der Waals surface area contributed by atoms with Gasteiger partial charge in [-0.3, -0.25) is 0 Å². The smallest absolute Gasteiger partial charge is 0.319 e. The van der Waals surface area contributed by atoms with Gasteiger partial charge in [0.1, 0.15) is 6.10 Å². The van der Waals surface area contributed by atoms with Gasteiger partial charge in [0.2, 0.25) is 0 Å². The van der Waals surface area contributed by atoms with E-state index in [9.17, 15) is 9.90 Å². The van der Waals surface area contributed by atoms with Crippen LogP contribution in [0.25, 0.3) is 0 Å². The molecule has 1 unspecified atom stereocenters. The van der Waals surface area contributed by atoms with Gasteiger partial charge in [-0.25, -0.2) is 4.79 Å². The topological polar surface area (TPSA) is 66.3 Å². The average molecular weight is 294 g/mol. The van der Waals surface area contributed by atoms with E-state index >= 15 is 0 Å². The van der Waals surface area contributed by atoms with Crippen molar-refractivity contribution in [1.82, 2.24) is 9.88 Å². The third-order valence-corrected chi connectivity index (χ3v) is 3.10. The van der Waals surface area contributed by atoms with Crippen LogP contribution in [0, 0.1) is 0 Å². The van der Waals surface area contributed by atoms with E-state index < -0.39 is 6.10 Å². The molecular weight excluding hydrogens is 278 g/mol. The number of aromatic nitrogens is 1. The number of aliphatic hydroxyl groups excluding tert-OH is 1. The van der Waals surface area contributed by atoms with E-state index in [4.69, 9.17) is 11.6 Å². The van der Waals surface area contributed by atoms with Crippen LogP contribution in [0.15, 0.2) is 42.6 Å². The van der Waals surface area contributed by atoms with E-state index in [0.29, 0.717) is 10.7 Å². The number of nitrogens with zero attached hydrogens (tertiary/aromatic N) is 1. The standard InChI is InChI=1S/C14H16ClN3O2/c1-18-7-3-6-12(18)13(19)9-16-14(20)17-11-5-2-4-10(15)8-11/h2-8,13,19H,9H2,1H3,(H2,16,17,20). The minimum absolute atomic E-state index is 0.129. The Morgan fingerprint density at radius 2 is 2.20 bits per heavy atom. The van der Waals surface area contributed by atoms with Gasteiger partial charge < -0.3 is 20.3 Å². The molecule has 2 rings (SSSR count). The lowest BCUT2D eigenvalue weighted by molar-refractivity contribution is 0.167. The number of urea groups is 1. The van der Waals surface area contributed by atoms with E-state index in [0.717, 1.165) is 5.69 Å². The van der Waals surface area contributed by atoms with E-state index in [-0.39, 0.29) is 12.6 Å². The highest BCUT2D eigenvalue weighted by molar-refractivity contribution is 6.30. The number of hydrogen-bond acceptors (Lipinski definition) is 2. The summed E-state index contributed by atoms with van der Waals surface area (Å²) in [7, 11) is 1.84. The molecule has 1 atom stereocenters. The summed E-state index contributed by atoms with van der Waals surface area (Å²) in [6.45, 7) is 0.129. The summed E-state index contributed by atoms with van der Waals surface area (Å²) in [5.41, 5.74) is 1.34. The molecule has 1 heterocycles. The molecule has 3 N–H and O–H groups in total. The van der Waals surface area contributed by atoms with Gasteiger partial charge in [0.15, 0.2) is 0 Å². The fourth-order valence-corrected chi connectivity index (χ4v) is 2.05. The Morgan fingerprint density at radius 1 is 1.40 bits per heavy atom. The summed E-state index contributed by atoms with van der Waals surface area (Å²) in [6.07, 6.45) is 1.09. The molecule has 0 spiro atoms. The maximum Gasteiger partial charge on any atom is 0.319 e. The first kappa shape index (κ1) is 14.4. The summed E-state index contributed by atoms with van der Waals surface area (Å²) in [4.78, 5) is 11.7. The number of halogens is 1. The predicted molar refractivity (Wildman–Crippen MR) is 78.8 cm³/mol. The highest BCUT2D eigenvalue weighted by Crippen LogP contribution is 2.15. The summed E-state index contributed by atoms with van der Waals surface area (Å²) in [6, 6.07) is 10.1. The molecule has 0 saturated carbocycles. The monoisotopic (exact) mass is 293 g/mol. The SMILES string of the molecule is Cn1cccc1C(O)CNC(=O)Nc1cccc(Cl)c1. The molecule has 1 aromatic carbocycles. The number of carbonyl (C=O) groups is 1. The molecular formula is C14H16ClN3O2. The molecule has 0 aliphatic carbocycles. The molecule has 0 radical (unpaired) electrons. The number of nitrogens with one attached hydrogen (secondary N) is 2. The van der Waals surface area contributed by atoms with Gasteiger partial charge in [-0.05, 0) is 30.3 Å². The summed E-state index contributed by atoms with van der Waals surface area (Å²) in [5.74, 6) is 0. The predicted octanol–water partition coefficient (Wildman–Crippen LogP) is 2.53. The van der Waals surface area contributed by atoms with Crippen LogP contribution in [-0.2, 0) is 7.05 Å². The number of anilines is 1. The number of carbonyl (C=O) groups excluding carboxylic acids is 1. The van der Waals surface area contributed by atoms with Crippen molar-refractivity contribution in [1.29, 1.82) is 0 Å². The second-order valence-electron chi connectivity index (χ2n) is 4.41. The van der Waals surface area contributed by atoms with Crippen molar-refractivity contribution in [3.8, 4) is 0 Å². The van der Waals surface area contributed by atoms with Crippen molar-refractivity contribution >= 4 is 23.3 Å². The first-order valence-corrected chi connectivity index (χ1v) is 6.54. The quantitative estimate of drug-likeness (QED) is 0.811. The van der Waals surface area contributed by atoms with E-state index in [2.05, 4.69) is 10.6 Å². The second kappa shape index (κ2) is 6.45. The summed E-state index contributed by atoms with van der Waals surface area (Å²) in [5, 5.41) is 15.8. The molecule has 6 heteroatoms. The zero-order valence-electron chi connectivity index (χ0n) is 11.0. The van der Waals surface area contributed by atoms with Gasteiger partial charge in [-0.15, -0.1) is 0 Å². The third-order valence-electron chi connectivity index (χ3n) is 2.86. The van der Waals surface area contributed by atoms with Crippen LogP contribution in [0.2, 0.25) is 5.02 Å². The second-order valence-corrected chi connectivity index (χ2v) is 4.84. The first-order valence-electron chi connectivity index (χ1n) is 6.16. The number of amides is 2. The number of benzene rings is 1.